The van der Waals surface area contributed by atoms with Crippen molar-refractivity contribution >= 4 is 33.0 Å². The van der Waals surface area contributed by atoms with E-state index in [1.54, 1.807) is 41.7 Å². The maximum Gasteiger partial charge on any atom is 0.285 e. The number of likely N-dealkylation sites (tertiary alicyclic amines) is 1. The number of anilines is 1. The maximum absolute atomic E-state index is 12.3. The average Bonchev–Trinajstić information content (AvgIpc) is 3.52. The minimum Gasteiger partial charge on any atom is -0.474 e. The van der Waals surface area contributed by atoms with Crippen molar-refractivity contribution in [3.8, 4) is 16.5 Å². The van der Waals surface area contributed by atoms with Gasteiger partial charge >= 0.3 is 0 Å². The number of pyridine rings is 1. The molecule has 0 aromatic carbocycles. The molecule has 2 aliphatic rings. The number of hydrogen-bond donors (Lipinski definition) is 2. The number of nitrogens with one attached hydrogen (secondary N) is 1. The Hall–Kier alpha value is -3.36. The van der Waals surface area contributed by atoms with Gasteiger partial charge in [-0.05, 0) is 38.8 Å². The number of rotatable bonds is 12. The molecule has 208 valence electrons. The zero-order valence-electron chi connectivity index (χ0n) is 21.9. The molecule has 2 fully saturated rings. The number of thiazole rings is 1. The first-order chi connectivity index (χ1) is 18.6. The van der Waals surface area contributed by atoms with Gasteiger partial charge in [0.15, 0.2) is 16.3 Å². The third-order valence-electron chi connectivity index (χ3n) is 6.54. The maximum atomic E-state index is 12.3. The van der Waals surface area contributed by atoms with Crippen LogP contribution in [0.5, 0.6) is 5.88 Å². The van der Waals surface area contributed by atoms with E-state index in [2.05, 4.69) is 31.5 Å². The predicted octanol–water partition coefficient (Wildman–Crippen LogP) is 1.43. The molecule has 1 saturated carbocycles. The highest BCUT2D eigenvalue weighted by Gasteiger charge is 2.40. The second-order valence-corrected chi connectivity index (χ2v) is 13.0. The molecule has 14 heteroatoms. The number of carbonyl (C=O) groups excluding carboxylic acids is 1. The number of nitrogens with two attached hydrogens (primary N) is 1. The Balaban J connectivity index is 1.22. The molecule has 1 saturated heterocycles. The fraction of sp³-hybridized carbons (Fsp3) is 0.480. The van der Waals surface area contributed by atoms with Crippen LogP contribution in [0.4, 0.5) is 5.69 Å². The summed E-state index contributed by atoms with van der Waals surface area (Å²) in [5, 5.41) is -0.0650. The van der Waals surface area contributed by atoms with Crippen molar-refractivity contribution in [2.24, 2.45) is 5.73 Å². The van der Waals surface area contributed by atoms with Crippen molar-refractivity contribution in [1.29, 1.82) is 0 Å². The lowest BCUT2D eigenvalue weighted by atomic mass is 10.1. The van der Waals surface area contributed by atoms with Gasteiger partial charge in [0, 0.05) is 55.3 Å². The summed E-state index contributed by atoms with van der Waals surface area (Å²) in [5.41, 5.74) is 6.84. The van der Waals surface area contributed by atoms with Crippen LogP contribution < -0.4 is 24.8 Å². The minimum absolute atomic E-state index is 0.208. The summed E-state index contributed by atoms with van der Waals surface area (Å²) >= 11 is 1.16. The van der Waals surface area contributed by atoms with Crippen LogP contribution in [-0.2, 0) is 16.4 Å². The summed E-state index contributed by atoms with van der Waals surface area (Å²) < 4.78 is 34.5. The standard InChI is InChI=1S/C25H31N7O5S2/c1-3-36-22-15-32(14-20(29-22)21-13-28-24(38-21)23(26)33)37-25(2)8-11-31(16-25)10-7-17-12-18(6-9-27-17)30-39(34,35)19-4-5-19/h6,9,12-15,19H,3-5,7-8,10-11,16H2,1-2H3,(H2-,26,27,30,33)/p+1/t25-/m1/s1. The summed E-state index contributed by atoms with van der Waals surface area (Å²) in [4.78, 5) is 33.9. The second-order valence-electron chi connectivity index (χ2n) is 9.98. The van der Waals surface area contributed by atoms with Crippen molar-refractivity contribution < 1.29 is 27.5 Å². The van der Waals surface area contributed by atoms with Crippen LogP contribution in [0, 0.1) is 0 Å². The number of hydrogen-bond acceptors (Lipinski definition) is 10. The number of ether oxygens (including phenoxy) is 1. The number of primary amides is 1. The molecule has 0 radical (unpaired) electrons. The van der Waals surface area contributed by atoms with Crippen molar-refractivity contribution in [1.82, 2.24) is 19.9 Å². The molecule has 0 bridgehead atoms. The first kappa shape index (κ1) is 27.2. The number of amides is 1. The van der Waals surface area contributed by atoms with Gasteiger partial charge in [-0.2, -0.15) is 0 Å². The van der Waals surface area contributed by atoms with E-state index in [9.17, 15) is 13.2 Å². The van der Waals surface area contributed by atoms with Crippen LogP contribution in [-0.4, -0.2) is 71.3 Å². The quantitative estimate of drug-likeness (QED) is 0.306. The molecule has 0 spiro atoms. The topological polar surface area (TPSA) is 154 Å². The fourth-order valence-electron chi connectivity index (χ4n) is 4.46. The summed E-state index contributed by atoms with van der Waals surface area (Å²) in [6.07, 6.45) is 9.56. The van der Waals surface area contributed by atoms with Gasteiger partial charge in [0.25, 0.3) is 18.0 Å². The van der Waals surface area contributed by atoms with E-state index in [4.69, 9.17) is 15.3 Å². The molecule has 0 unspecified atom stereocenters. The minimum atomic E-state index is -3.31. The molecule has 4 heterocycles. The van der Waals surface area contributed by atoms with Gasteiger partial charge in [0.05, 0.1) is 22.4 Å². The van der Waals surface area contributed by atoms with Gasteiger partial charge in [-0.3, -0.25) is 24.2 Å². The van der Waals surface area contributed by atoms with E-state index in [0.717, 1.165) is 49.4 Å². The van der Waals surface area contributed by atoms with Gasteiger partial charge < -0.3 is 10.5 Å². The van der Waals surface area contributed by atoms with Gasteiger partial charge in [0.2, 0.25) is 16.2 Å². The summed E-state index contributed by atoms with van der Waals surface area (Å²) in [6.45, 7) is 6.68. The van der Waals surface area contributed by atoms with Crippen LogP contribution in [0.25, 0.3) is 10.6 Å². The molecular weight excluding hydrogens is 542 g/mol. The van der Waals surface area contributed by atoms with Crippen molar-refractivity contribution in [3.63, 3.8) is 0 Å². The van der Waals surface area contributed by atoms with E-state index >= 15 is 0 Å². The largest absolute Gasteiger partial charge is 0.474 e. The van der Waals surface area contributed by atoms with E-state index < -0.39 is 21.5 Å². The highest BCUT2D eigenvalue weighted by atomic mass is 32.2. The first-order valence-corrected chi connectivity index (χ1v) is 15.2. The van der Waals surface area contributed by atoms with Crippen molar-refractivity contribution in [2.45, 2.75) is 50.4 Å². The smallest absolute Gasteiger partial charge is 0.285 e. The zero-order valence-corrected chi connectivity index (χ0v) is 23.5. The molecule has 5 rings (SSSR count). The lowest BCUT2D eigenvalue weighted by Gasteiger charge is -2.21. The molecule has 1 atom stereocenters. The van der Waals surface area contributed by atoms with E-state index in [1.165, 1.54) is 0 Å². The molecular formula is C25H32N7O5S2+. The summed E-state index contributed by atoms with van der Waals surface area (Å²) in [7, 11) is -3.31. The Morgan fingerprint density at radius 2 is 2.15 bits per heavy atom. The van der Waals surface area contributed by atoms with Gasteiger partial charge in [0.1, 0.15) is 0 Å². The Bertz CT molecular complexity index is 1460. The van der Waals surface area contributed by atoms with E-state index in [-0.39, 0.29) is 10.3 Å². The van der Waals surface area contributed by atoms with Gasteiger partial charge in [-0.25, -0.2) is 18.4 Å². The zero-order chi connectivity index (χ0) is 27.6. The van der Waals surface area contributed by atoms with E-state index in [1.807, 2.05) is 6.92 Å². The SMILES string of the molecule is CCOc1c[n+](O[C@]2(C)CCN(CCc3cc(NS(=O)(=O)C4CC4)ccn3)C2)cc(-c2cnc(C(N)=O)s2)n1. The fourth-order valence-corrected chi connectivity index (χ4v) is 6.56. The lowest BCUT2D eigenvalue weighted by Crippen LogP contribution is -2.55. The van der Waals surface area contributed by atoms with Crippen LogP contribution in [0.15, 0.2) is 36.9 Å². The Morgan fingerprint density at radius 3 is 2.87 bits per heavy atom. The molecule has 3 aromatic heterocycles. The Labute approximate surface area is 231 Å². The number of nitrogens with zero attached hydrogens (tertiary/aromatic N) is 5. The van der Waals surface area contributed by atoms with Crippen molar-refractivity contribution in [3.05, 3.63) is 47.6 Å². The second kappa shape index (κ2) is 11.0. The van der Waals surface area contributed by atoms with Crippen LogP contribution in [0.1, 0.15) is 48.6 Å². The van der Waals surface area contributed by atoms with Crippen LogP contribution in [0.3, 0.4) is 0 Å². The van der Waals surface area contributed by atoms with Crippen LogP contribution >= 0.6 is 11.3 Å². The van der Waals surface area contributed by atoms with Crippen molar-refractivity contribution in [2.75, 3.05) is 31.0 Å². The molecule has 1 aliphatic carbocycles. The Morgan fingerprint density at radius 1 is 1.33 bits per heavy atom. The van der Waals surface area contributed by atoms with Gasteiger partial charge in [-0.1, -0.05) is 0 Å². The average molecular weight is 575 g/mol. The molecule has 3 N–H and O–H groups in total. The number of aromatic nitrogens is 4. The lowest BCUT2D eigenvalue weighted by molar-refractivity contribution is -0.906. The highest BCUT2D eigenvalue weighted by molar-refractivity contribution is 7.93. The normalized spacial score (nSPS) is 19.6. The van der Waals surface area contributed by atoms with Gasteiger partial charge in [-0.15, -0.1) is 11.3 Å². The molecule has 39 heavy (non-hydrogen) atoms. The molecule has 1 aliphatic heterocycles. The number of carbonyl (C=O) groups is 1. The number of sulfonamides is 1. The van der Waals surface area contributed by atoms with Crippen LogP contribution in [0.2, 0.25) is 0 Å². The molecule has 3 aromatic rings. The summed E-state index contributed by atoms with van der Waals surface area (Å²) in [6, 6.07) is 3.49. The van der Waals surface area contributed by atoms with E-state index in [0.29, 0.717) is 41.7 Å². The monoisotopic (exact) mass is 574 g/mol. The third kappa shape index (κ3) is 6.81. The highest BCUT2D eigenvalue weighted by Crippen LogP contribution is 2.30. The molecule has 12 nitrogen and oxygen atoms in total. The molecule has 1 amide bonds. The predicted molar refractivity (Wildman–Crippen MR) is 145 cm³/mol. The Kier molecular flexibility index (Phi) is 7.69. The first-order valence-electron chi connectivity index (χ1n) is 12.8. The third-order valence-corrected chi connectivity index (χ3v) is 9.45. The summed E-state index contributed by atoms with van der Waals surface area (Å²) in [5.74, 6) is -0.192.